The second kappa shape index (κ2) is 9.19. The highest BCUT2D eigenvalue weighted by Gasteiger charge is 2.35. The molecule has 0 saturated carbocycles. The van der Waals surface area contributed by atoms with Gasteiger partial charge < -0.3 is 38.6 Å². The van der Waals surface area contributed by atoms with Gasteiger partial charge in [0.05, 0.1) is 53.4 Å². The third-order valence-electron chi connectivity index (χ3n) is 7.03. The summed E-state index contributed by atoms with van der Waals surface area (Å²) in [5.74, 6) is -4.04. The second-order valence-corrected chi connectivity index (χ2v) is 8.65. The third-order valence-corrected chi connectivity index (χ3v) is 7.03. The Hall–Kier alpha value is -5.26. The first-order chi connectivity index (χ1) is 19.1. The maximum Gasteiger partial charge on any atom is 0.342 e. The van der Waals surface area contributed by atoms with Gasteiger partial charge in [0.2, 0.25) is 10.9 Å². The van der Waals surface area contributed by atoms with Crippen molar-refractivity contribution in [3.05, 3.63) is 43.7 Å². The zero-order valence-electron chi connectivity index (χ0n) is 22.1. The number of methoxy groups -OCH3 is 6. The summed E-state index contributed by atoms with van der Waals surface area (Å²) in [4.78, 5) is 53.5. The number of aromatic hydroxyl groups is 2. The van der Waals surface area contributed by atoms with E-state index in [1.807, 2.05) is 0 Å². The molecule has 0 heterocycles. The van der Waals surface area contributed by atoms with Crippen LogP contribution in [0, 0.1) is 0 Å². The average Bonchev–Trinajstić information content (AvgIpc) is 2.97. The molecule has 0 unspecified atom stereocenters. The van der Waals surface area contributed by atoms with Crippen molar-refractivity contribution in [2.45, 2.75) is 0 Å². The summed E-state index contributed by atoms with van der Waals surface area (Å²) in [5, 5.41) is 21.9. The monoisotopic (exact) mass is 550 g/mol. The fourth-order valence-corrected chi connectivity index (χ4v) is 5.41. The summed E-state index contributed by atoms with van der Waals surface area (Å²) in [6.07, 6.45) is 0. The number of carbonyl (C=O) groups excluding carboxylic acids is 2. The minimum Gasteiger partial charge on any atom is -0.503 e. The zero-order chi connectivity index (χ0) is 29.2. The van der Waals surface area contributed by atoms with Crippen molar-refractivity contribution in [1.82, 2.24) is 0 Å². The summed E-state index contributed by atoms with van der Waals surface area (Å²) in [7, 11) is 7.37. The van der Waals surface area contributed by atoms with Crippen molar-refractivity contribution in [2.75, 3.05) is 42.7 Å². The quantitative estimate of drug-likeness (QED) is 0.181. The van der Waals surface area contributed by atoms with E-state index in [0.717, 1.165) is 14.2 Å². The van der Waals surface area contributed by atoms with E-state index in [4.69, 9.17) is 28.4 Å². The second-order valence-electron chi connectivity index (χ2n) is 8.65. The molecule has 0 aliphatic heterocycles. The molecule has 0 radical (unpaired) electrons. The van der Waals surface area contributed by atoms with Crippen LogP contribution in [0.15, 0.2) is 21.7 Å². The summed E-state index contributed by atoms with van der Waals surface area (Å²) in [6.45, 7) is 0. The van der Waals surface area contributed by atoms with E-state index in [1.165, 1.54) is 40.6 Å². The molecule has 0 bridgehead atoms. The van der Waals surface area contributed by atoms with Crippen molar-refractivity contribution in [2.24, 2.45) is 0 Å². The maximum atomic E-state index is 13.6. The van der Waals surface area contributed by atoms with Crippen LogP contribution < -0.4 is 29.8 Å². The fourth-order valence-electron chi connectivity index (χ4n) is 5.41. The van der Waals surface area contributed by atoms with E-state index >= 15 is 0 Å². The zero-order valence-corrected chi connectivity index (χ0v) is 22.1. The van der Waals surface area contributed by atoms with Gasteiger partial charge in [-0.3, -0.25) is 9.59 Å². The highest BCUT2D eigenvalue weighted by atomic mass is 16.5. The van der Waals surface area contributed by atoms with Gasteiger partial charge in [0, 0.05) is 44.5 Å². The topological polar surface area (TPSA) is 164 Å². The van der Waals surface area contributed by atoms with Crippen molar-refractivity contribution >= 4 is 55.0 Å². The SMILES string of the molecule is COC(=O)c1c(O)c(=O)c2c(OC)cc(OC)c3c4c(OC)cc(OC)c5c(=O)c(O)c(C(=O)OC)c(c1c23)c54. The highest BCUT2D eigenvalue weighted by molar-refractivity contribution is 6.41. The predicted molar refractivity (Wildman–Crippen MR) is 144 cm³/mol. The van der Waals surface area contributed by atoms with Crippen LogP contribution in [0.3, 0.4) is 0 Å². The van der Waals surface area contributed by atoms with Gasteiger partial charge in [-0.15, -0.1) is 0 Å². The molecule has 2 N–H and O–H groups in total. The third kappa shape index (κ3) is 3.12. The molecule has 12 nitrogen and oxygen atoms in total. The van der Waals surface area contributed by atoms with Gasteiger partial charge in [-0.25, -0.2) is 9.59 Å². The molecular weight excluding hydrogens is 528 g/mol. The van der Waals surface area contributed by atoms with Gasteiger partial charge in [-0.1, -0.05) is 0 Å². The van der Waals surface area contributed by atoms with Crippen LogP contribution >= 0.6 is 0 Å². The molecule has 0 spiro atoms. The number of hydrogen-bond donors (Lipinski definition) is 2. The molecule has 0 fully saturated rings. The summed E-state index contributed by atoms with van der Waals surface area (Å²) in [6, 6.07) is 2.81. The molecule has 5 rings (SSSR count). The van der Waals surface area contributed by atoms with Crippen LogP contribution in [0.25, 0.3) is 43.1 Å². The molecule has 0 aliphatic rings. The number of rotatable bonds is 6. The van der Waals surface area contributed by atoms with Crippen LogP contribution in [0.4, 0.5) is 0 Å². The number of esters is 2. The number of phenolic OH excluding ortho intramolecular Hbond substituents is 2. The summed E-state index contributed by atoms with van der Waals surface area (Å²) < 4.78 is 32.0. The molecule has 0 aromatic heterocycles. The van der Waals surface area contributed by atoms with Crippen LogP contribution in [0.1, 0.15) is 20.7 Å². The predicted octanol–water partition coefficient (Wildman–Crippen LogP) is 2.91. The molecule has 12 heteroatoms. The first kappa shape index (κ1) is 26.4. The molecule has 5 aromatic carbocycles. The van der Waals surface area contributed by atoms with E-state index in [9.17, 15) is 29.4 Å². The summed E-state index contributed by atoms with van der Waals surface area (Å²) >= 11 is 0. The normalized spacial score (nSPS) is 11.3. The molecule has 206 valence electrons. The van der Waals surface area contributed by atoms with E-state index in [1.54, 1.807) is 0 Å². The Morgan fingerprint density at radius 2 is 0.800 bits per heavy atom. The molecule has 0 saturated heterocycles. The minimum absolute atomic E-state index is 0.0138. The van der Waals surface area contributed by atoms with Gasteiger partial charge in [0.25, 0.3) is 0 Å². The molecule has 0 atom stereocenters. The standard InChI is InChI=1S/C28H22O12/c1-35-9-7-11(37-3)15-17-13(9)14-10(36-2)8-12(38-4)16-18(14)20(22(28(34)40-6)26(32)24(16)30)19(17)21(27(33)39-5)25(31)23(15)29/h7-8,31-32H,1-6H3. The number of carbonyl (C=O) groups is 2. The van der Waals surface area contributed by atoms with Crippen LogP contribution in [0.5, 0.6) is 34.5 Å². The number of fused-ring (bicyclic) bond motifs is 2. The van der Waals surface area contributed by atoms with Crippen molar-refractivity contribution in [1.29, 1.82) is 0 Å². The lowest BCUT2D eigenvalue weighted by atomic mass is 9.83. The van der Waals surface area contributed by atoms with Gasteiger partial charge in [-0.2, -0.15) is 0 Å². The number of hydrogen-bond acceptors (Lipinski definition) is 12. The highest BCUT2D eigenvalue weighted by Crippen LogP contribution is 2.53. The Morgan fingerprint density at radius 3 is 1.07 bits per heavy atom. The van der Waals surface area contributed by atoms with Crippen molar-refractivity contribution in [3.8, 4) is 34.5 Å². The smallest absolute Gasteiger partial charge is 0.342 e. The summed E-state index contributed by atoms with van der Waals surface area (Å²) in [5.41, 5.74) is -3.19. The lowest BCUT2D eigenvalue weighted by molar-refractivity contribution is 0.0588. The first-order valence-corrected chi connectivity index (χ1v) is 11.6. The minimum atomic E-state index is -1.13. The number of benzene rings is 5. The molecule has 40 heavy (non-hydrogen) atoms. The van der Waals surface area contributed by atoms with Crippen molar-refractivity contribution in [3.63, 3.8) is 0 Å². The van der Waals surface area contributed by atoms with E-state index in [2.05, 4.69) is 0 Å². The Labute approximate surface area is 224 Å². The van der Waals surface area contributed by atoms with Gasteiger partial charge >= 0.3 is 11.9 Å². The average molecular weight is 550 g/mol. The Balaban J connectivity index is 2.44. The van der Waals surface area contributed by atoms with E-state index in [-0.39, 0.29) is 66.1 Å². The van der Waals surface area contributed by atoms with E-state index < -0.39 is 45.4 Å². The largest absolute Gasteiger partial charge is 0.503 e. The number of ether oxygens (including phenoxy) is 6. The van der Waals surface area contributed by atoms with E-state index in [0.29, 0.717) is 0 Å². The Bertz CT molecular complexity index is 1870. The van der Waals surface area contributed by atoms with Gasteiger partial charge in [-0.05, 0) is 0 Å². The maximum absolute atomic E-state index is 13.6. The van der Waals surface area contributed by atoms with Gasteiger partial charge in [0.1, 0.15) is 34.1 Å². The molecule has 0 amide bonds. The lowest BCUT2D eigenvalue weighted by Crippen LogP contribution is -2.16. The molecule has 0 aliphatic carbocycles. The van der Waals surface area contributed by atoms with Crippen LogP contribution in [-0.2, 0) is 9.47 Å². The van der Waals surface area contributed by atoms with Crippen LogP contribution in [0.2, 0.25) is 0 Å². The van der Waals surface area contributed by atoms with Gasteiger partial charge in [0.15, 0.2) is 11.5 Å². The Morgan fingerprint density at radius 1 is 0.500 bits per heavy atom. The van der Waals surface area contributed by atoms with Crippen molar-refractivity contribution < 1.29 is 48.2 Å². The molecular formula is C28H22O12. The fraction of sp³-hybridized carbons (Fsp3) is 0.214. The Kier molecular flexibility index (Phi) is 6.05. The first-order valence-electron chi connectivity index (χ1n) is 11.6. The lowest BCUT2D eigenvalue weighted by Gasteiger charge is -2.23. The number of phenols is 2. The van der Waals surface area contributed by atoms with Crippen LogP contribution in [-0.4, -0.2) is 64.8 Å². The molecule has 5 aromatic rings.